The molecule has 0 N–H and O–H groups in total. The average molecular weight is 511 g/mol. The molecule has 1 atom stereocenters. The van der Waals surface area contributed by atoms with E-state index in [1.54, 1.807) is 39.0 Å². The van der Waals surface area contributed by atoms with Crippen molar-refractivity contribution in [1.29, 1.82) is 0 Å². The summed E-state index contributed by atoms with van der Waals surface area (Å²) in [4.78, 5) is 0. The van der Waals surface area contributed by atoms with Crippen LogP contribution in [-0.4, -0.2) is 0 Å². The van der Waals surface area contributed by atoms with Crippen LogP contribution in [0.15, 0.2) is 40.5 Å². The Morgan fingerprint density at radius 2 is 1.35 bits per heavy atom. The van der Waals surface area contributed by atoms with Crippen LogP contribution in [0.2, 0.25) is 3.17 Å². The van der Waals surface area contributed by atoms with Crippen LogP contribution >= 0.6 is 0 Å². The first kappa shape index (κ1) is 18.7. The first-order valence-corrected chi connectivity index (χ1v) is 13.6. The van der Waals surface area contributed by atoms with Crippen LogP contribution in [-0.2, 0) is 38.9 Å². The van der Waals surface area contributed by atoms with Crippen LogP contribution in [0.3, 0.4) is 0 Å². The van der Waals surface area contributed by atoms with Gasteiger partial charge in [-0.15, -0.1) is 0 Å². The third-order valence-electron chi connectivity index (χ3n) is 7.56. The van der Waals surface area contributed by atoms with Gasteiger partial charge in [-0.2, -0.15) is 0 Å². The molecule has 0 spiro atoms. The van der Waals surface area contributed by atoms with Crippen molar-refractivity contribution >= 4 is 6.08 Å². The molecule has 0 nitrogen and oxygen atoms in total. The first-order valence-electron chi connectivity index (χ1n) is 9.98. The number of hydrogen-bond acceptors (Lipinski definition) is 0. The van der Waals surface area contributed by atoms with E-state index in [4.69, 9.17) is 0 Å². The monoisotopic (exact) mass is 512 g/mol. The topological polar surface area (TPSA) is 0 Å². The summed E-state index contributed by atoms with van der Waals surface area (Å²) in [5, 5.41) is 0. The molecule has 0 fully saturated rings. The van der Waals surface area contributed by atoms with E-state index in [0.29, 0.717) is 11.8 Å². The van der Waals surface area contributed by atoms with E-state index in [-0.39, 0.29) is 0 Å². The zero-order chi connectivity index (χ0) is 19.1. The summed E-state index contributed by atoms with van der Waals surface area (Å²) < 4.78 is 0.687. The summed E-state index contributed by atoms with van der Waals surface area (Å²) in [6.45, 7) is 19.4. The van der Waals surface area contributed by atoms with E-state index in [1.165, 1.54) is 18.4 Å². The van der Waals surface area contributed by atoms with Crippen LogP contribution in [0.25, 0.3) is 6.08 Å². The zero-order valence-corrected chi connectivity index (χ0v) is 21.3. The minimum atomic E-state index is -1.08. The molecule has 134 valence electrons. The summed E-state index contributed by atoms with van der Waals surface area (Å²) in [5.74, 6) is 0. The molecule has 4 rings (SSSR count). The molecular formula is C25H32Hf+2. The van der Waals surface area contributed by atoms with Crippen molar-refractivity contribution in [3.05, 3.63) is 62.8 Å². The van der Waals surface area contributed by atoms with Gasteiger partial charge < -0.3 is 0 Å². The van der Waals surface area contributed by atoms with Gasteiger partial charge in [-0.05, 0) is 0 Å². The van der Waals surface area contributed by atoms with Gasteiger partial charge in [0.05, 0.1) is 0 Å². The number of rotatable bonds is 2. The van der Waals surface area contributed by atoms with Crippen LogP contribution in [0.1, 0.15) is 77.6 Å². The Labute approximate surface area is 171 Å². The fourth-order valence-corrected chi connectivity index (χ4v) is 13.8. The van der Waals surface area contributed by atoms with Crippen LogP contribution in [0, 0.1) is 5.41 Å². The Kier molecular flexibility index (Phi) is 4.06. The average Bonchev–Trinajstić information content (AvgIpc) is 3.08. The molecular weight excluding hydrogens is 479 g/mol. The fourth-order valence-electron chi connectivity index (χ4n) is 5.47. The minimum absolute atomic E-state index is 0.319. The summed E-state index contributed by atoms with van der Waals surface area (Å²) in [6, 6.07) is 5.12. The van der Waals surface area contributed by atoms with Crippen molar-refractivity contribution < 1.29 is 22.9 Å². The van der Waals surface area contributed by atoms with E-state index in [9.17, 15) is 0 Å². The van der Waals surface area contributed by atoms with Crippen molar-refractivity contribution in [3.8, 4) is 0 Å². The molecule has 0 aliphatic heterocycles. The molecule has 0 saturated heterocycles. The zero-order valence-electron chi connectivity index (χ0n) is 17.7. The molecule has 1 heteroatoms. The Hall–Kier alpha value is -0.690. The third kappa shape index (κ3) is 2.56. The Morgan fingerprint density at radius 1 is 0.808 bits per heavy atom. The van der Waals surface area contributed by atoms with Gasteiger partial charge >= 0.3 is 172 Å². The first-order chi connectivity index (χ1) is 12.0. The van der Waals surface area contributed by atoms with Gasteiger partial charge in [0, 0.05) is 0 Å². The van der Waals surface area contributed by atoms with Crippen molar-refractivity contribution in [2.45, 2.75) is 74.6 Å². The van der Waals surface area contributed by atoms with Gasteiger partial charge in [-0.3, -0.25) is 0 Å². The molecule has 0 bridgehead atoms. The van der Waals surface area contributed by atoms with E-state index >= 15 is 0 Å². The summed E-state index contributed by atoms with van der Waals surface area (Å²) >= 11 is -1.08. The van der Waals surface area contributed by atoms with Gasteiger partial charge in [0.15, 0.2) is 0 Å². The Bertz CT molecular complexity index is 882. The molecule has 0 saturated carbocycles. The van der Waals surface area contributed by atoms with E-state index in [1.807, 2.05) is 0 Å². The van der Waals surface area contributed by atoms with Crippen LogP contribution in [0.4, 0.5) is 0 Å². The maximum absolute atomic E-state index is 2.60. The number of benzene rings is 1. The molecule has 3 aliphatic carbocycles. The number of fused-ring (bicyclic) bond motifs is 2. The van der Waals surface area contributed by atoms with E-state index in [0.717, 1.165) is 0 Å². The van der Waals surface area contributed by atoms with Gasteiger partial charge in [-0.1, -0.05) is 0 Å². The summed E-state index contributed by atoms with van der Waals surface area (Å²) in [7, 11) is 0. The normalized spacial score (nSPS) is 27.8. The second-order valence-corrected chi connectivity index (χ2v) is 18.2. The second-order valence-electron chi connectivity index (χ2n) is 10.0. The van der Waals surface area contributed by atoms with Gasteiger partial charge in [0.2, 0.25) is 0 Å². The van der Waals surface area contributed by atoms with Crippen molar-refractivity contribution in [2.24, 2.45) is 5.41 Å². The summed E-state index contributed by atoms with van der Waals surface area (Å²) in [5.41, 5.74) is 13.2. The Balaban J connectivity index is 1.75. The van der Waals surface area contributed by atoms with E-state index < -0.39 is 22.9 Å². The predicted molar refractivity (Wildman–Crippen MR) is 109 cm³/mol. The van der Waals surface area contributed by atoms with Crippen LogP contribution < -0.4 is 0 Å². The second kappa shape index (κ2) is 5.66. The van der Waals surface area contributed by atoms with Crippen LogP contribution in [0.5, 0.6) is 0 Å². The Morgan fingerprint density at radius 3 is 1.92 bits per heavy atom. The molecule has 0 radical (unpaired) electrons. The fraction of sp³-hybridized carbons (Fsp3) is 0.520. The molecule has 1 aromatic rings. The standard InChI is InChI=1S/C15H17.C10H15.Hf/c1-10-4-5-11-6-12-8-15(2,3)9-13(12)7-14(10)11;1-6-7(2)9(4)10(5)8(6)3;/h4-7H,8-9H2,1-3H3;1-5H3;/q;;+2. The predicted octanol–water partition coefficient (Wildman–Crippen LogP) is 7.00. The third-order valence-corrected chi connectivity index (χ3v) is 15.5. The molecule has 3 aliphatic rings. The quantitative estimate of drug-likeness (QED) is 0.376. The maximum atomic E-state index is 2.60. The molecule has 26 heavy (non-hydrogen) atoms. The summed E-state index contributed by atoms with van der Waals surface area (Å²) in [6.07, 6.45) is 7.48. The van der Waals surface area contributed by atoms with E-state index in [2.05, 4.69) is 79.7 Å². The molecule has 1 unspecified atom stereocenters. The molecule has 1 aromatic carbocycles. The molecule has 0 aromatic heterocycles. The van der Waals surface area contributed by atoms with Crippen molar-refractivity contribution in [1.82, 2.24) is 0 Å². The van der Waals surface area contributed by atoms with Gasteiger partial charge in [-0.25, -0.2) is 0 Å². The SMILES string of the molecule is CC1=C(C)[C](C)([Hf+2][C]2(C)C=Cc3cc4c(cc32)CC(C)(C)C4)C(C)=C1C. The van der Waals surface area contributed by atoms with Crippen molar-refractivity contribution in [3.63, 3.8) is 0 Å². The van der Waals surface area contributed by atoms with Crippen molar-refractivity contribution in [2.75, 3.05) is 0 Å². The molecule has 0 amide bonds. The number of allylic oxidation sites excluding steroid dienone is 5. The number of hydrogen-bond donors (Lipinski definition) is 0. The molecule has 0 heterocycles. The van der Waals surface area contributed by atoms with Gasteiger partial charge in [0.1, 0.15) is 0 Å². The van der Waals surface area contributed by atoms with Gasteiger partial charge in [0.25, 0.3) is 0 Å².